The van der Waals surface area contributed by atoms with E-state index in [-0.39, 0.29) is 10.7 Å². The highest BCUT2D eigenvalue weighted by molar-refractivity contribution is 9.10. The molecule has 0 atom stereocenters. The van der Waals surface area contributed by atoms with E-state index in [0.717, 1.165) is 20.8 Å². The van der Waals surface area contributed by atoms with Gasteiger partial charge in [0, 0.05) is 16.2 Å². The van der Waals surface area contributed by atoms with Crippen LogP contribution in [0, 0.1) is 0 Å². The van der Waals surface area contributed by atoms with Crippen LogP contribution in [-0.4, -0.2) is 23.7 Å². The molecule has 0 aliphatic carbocycles. The van der Waals surface area contributed by atoms with Gasteiger partial charge in [0.2, 0.25) is 0 Å². The van der Waals surface area contributed by atoms with Gasteiger partial charge in [0.05, 0.1) is 18.4 Å². The highest BCUT2D eigenvalue weighted by Crippen LogP contribution is 2.34. The number of benzene rings is 3. The fraction of sp³-hybridized carbons (Fsp3) is 0.115. The fourth-order valence-corrected chi connectivity index (χ4v) is 4.01. The molecule has 0 radical (unpaired) electrons. The number of hydrogen-bond acceptors (Lipinski definition) is 5. The number of aromatic nitrogens is 1. The Kier molecular flexibility index (Phi) is 7.77. The molecule has 6 nitrogen and oxygen atoms in total. The summed E-state index contributed by atoms with van der Waals surface area (Å²) in [6, 6.07) is 21.2. The van der Waals surface area contributed by atoms with E-state index in [9.17, 15) is 4.79 Å². The van der Waals surface area contributed by atoms with Crippen molar-refractivity contribution in [3.63, 3.8) is 0 Å². The standard InChI is InChI=1S/C26H21BrClN3O3/c1-2-33-23-13-19(15-30-31-26(32)21-11-6-12-29-25(21)28)22(27)14-24(23)34-16-18-9-5-8-17-7-3-4-10-20(17)18/h3-15H,2,16H2,1H3,(H,31,32). The molecule has 0 saturated heterocycles. The summed E-state index contributed by atoms with van der Waals surface area (Å²) in [6.45, 7) is 2.77. The van der Waals surface area contributed by atoms with E-state index < -0.39 is 5.91 Å². The molecule has 0 spiro atoms. The second-order valence-corrected chi connectivity index (χ2v) is 8.43. The quantitative estimate of drug-likeness (QED) is 0.160. The number of amides is 1. The van der Waals surface area contributed by atoms with Crippen molar-refractivity contribution >= 4 is 50.4 Å². The molecule has 34 heavy (non-hydrogen) atoms. The molecule has 8 heteroatoms. The second-order valence-electron chi connectivity index (χ2n) is 7.22. The molecule has 1 N–H and O–H groups in total. The lowest BCUT2D eigenvalue weighted by Gasteiger charge is -2.15. The van der Waals surface area contributed by atoms with Gasteiger partial charge in [-0.15, -0.1) is 0 Å². The molecule has 1 heterocycles. The Labute approximate surface area is 210 Å². The molecule has 172 valence electrons. The lowest BCUT2D eigenvalue weighted by Crippen LogP contribution is -2.18. The number of pyridine rings is 1. The number of rotatable bonds is 8. The summed E-state index contributed by atoms with van der Waals surface area (Å²) in [5.74, 6) is 0.726. The largest absolute Gasteiger partial charge is 0.490 e. The molecule has 1 aromatic heterocycles. The van der Waals surface area contributed by atoms with Crippen molar-refractivity contribution in [3.05, 3.63) is 99.2 Å². The van der Waals surface area contributed by atoms with Crippen molar-refractivity contribution in [2.24, 2.45) is 5.10 Å². The number of nitrogens with zero attached hydrogens (tertiary/aromatic N) is 2. The number of carbonyl (C=O) groups excluding carboxylic acids is 1. The summed E-state index contributed by atoms with van der Waals surface area (Å²) in [5.41, 5.74) is 4.49. The number of hydrogen-bond donors (Lipinski definition) is 1. The van der Waals surface area contributed by atoms with Gasteiger partial charge < -0.3 is 9.47 Å². The zero-order chi connectivity index (χ0) is 23.9. The van der Waals surface area contributed by atoms with Gasteiger partial charge in [0.15, 0.2) is 11.5 Å². The lowest BCUT2D eigenvalue weighted by atomic mass is 10.1. The first kappa shape index (κ1) is 23.7. The minimum absolute atomic E-state index is 0.114. The van der Waals surface area contributed by atoms with Crippen LogP contribution in [0.5, 0.6) is 11.5 Å². The van der Waals surface area contributed by atoms with Gasteiger partial charge in [-0.05, 0) is 63.5 Å². The van der Waals surface area contributed by atoms with Gasteiger partial charge in [0.1, 0.15) is 11.8 Å². The van der Waals surface area contributed by atoms with Crippen LogP contribution >= 0.6 is 27.5 Å². The molecule has 1 amide bonds. The molecule has 0 saturated carbocycles. The van der Waals surface area contributed by atoms with Crippen LogP contribution in [0.25, 0.3) is 10.8 Å². The van der Waals surface area contributed by atoms with E-state index in [0.29, 0.717) is 30.3 Å². The van der Waals surface area contributed by atoms with Crippen molar-refractivity contribution in [3.8, 4) is 11.5 Å². The minimum Gasteiger partial charge on any atom is -0.490 e. The third-order valence-corrected chi connectivity index (χ3v) is 5.99. The van der Waals surface area contributed by atoms with Gasteiger partial charge in [-0.3, -0.25) is 4.79 Å². The van der Waals surface area contributed by atoms with Crippen molar-refractivity contribution < 1.29 is 14.3 Å². The third kappa shape index (κ3) is 5.55. The molecule has 3 aromatic carbocycles. The summed E-state index contributed by atoms with van der Waals surface area (Å²) in [4.78, 5) is 16.2. The van der Waals surface area contributed by atoms with Crippen molar-refractivity contribution in [1.29, 1.82) is 0 Å². The van der Waals surface area contributed by atoms with Crippen LogP contribution < -0.4 is 14.9 Å². The first-order valence-electron chi connectivity index (χ1n) is 10.6. The number of carbonyl (C=O) groups is 1. The highest BCUT2D eigenvalue weighted by Gasteiger charge is 2.12. The zero-order valence-electron chi connectivity index (χ0n) is 18.3. The summed E-state index contributed by atoms with van der Waals surface area (Å²) >= 11 is 9.51. The predicted molar refractivity (Wildman–Crippen MR) is 138 cm³/mol. The molecule has 0 fully saturated rings. The SMILES string of the molecule is CCOc1cc(C=NNC(=O)c2cccnc2Cl)c(Br)cc1OCc1cccc2ccccc12. The van der Waals surface area contributed by atoms with Gasteiger partial charge in [-0.25, -0.2) is 10.4 Å². The Morgan fingerprint density at radius 1 is 1.09 bits per heavy atom. The van der Waals surface area contributed by atoms with Crippen LogP contribution in [0.2, 0.25) is 5.15 Å². The topological polar surface area (TPSA) is 72.8 Å². The maximum atomic E-state index is 12.3. The average molecular weight is 539 g/mol. The predicted octanol–water partition coefficient (Wildman–Crippen LogP) is 6.39. The normalized spacial score (nSPS) is 11.0. The maximum absolute atomic E-state index is 12.3. The first-order valence-corrected chi connectivity index (χ1v) is 11.7. The van der Waals surface area contributed by atoms with Gasteiger partial charge in [-0.1, -0.05) is 54.1 Å². The maximum Gasteiger partial charge on any atom is 0.274 e. The van der Waals surface area contributed by atoms with Crippen LogP contribution in [0.1, 0.15) is 28.4 Å². The first-order chi connectivity index (χ1) is 16.6. The zero-order valence-corrected chi connectivity index (χ0v) is 20.6. The monoisotopic (exact) mass is 537 g/mol. The number of hydrazone groups is 1. The summed E-state index contributed by atoms with van der Waals surface area (Å²) < 4.78 is 12.7. The third-order valence-electron chi connectivity index (χ3n) is 5.00. The Morgan fingerprint density at radius 3 is 2.71 bits per heavy atom. The molecule has 0 aliphatic heterocycles. The Bertz CT molecular complexity index is 1360. The average Bonchev–Trinajstić information content (AvgIpc) is 2.85. The highest BCUT2D eigenvalue weighted by atomic mass is 79.9. The van der Waals surface area contributed by atoms with Gasteiger partial charge in [-0.2, -0.15) is 5.10 Å². The van der Waals surface area contributed by atoms with E-state index >= 15 is 0 Å². The summed E-state index contributed by atoms with van der Waals surface area (Å²) in [7, 11) is 0. The molecule has 0 aliphatic rings. The van der Waals surface area contributed by atoms with Crippen LogP contribution in [0.15, 0.2) is 82.5 Å². The van der Waals surface area contributed by atoms with E-state index in [2.05, 4.69) is 55.7 Å². The summed E-state index contributed by atoms with van der Waals surface area (Å²) in [6.07, 6.45) is 3.03. The Hall–Kier alpha value is -3.42. The number of fused-ring (bicyclic) bond motifs is 1. The fourth-order valence-electron chi connectivity index (χ4n) is 3.38. The van der Waals surface area contributed by atoms with Crippen molar-refractivity contribution in [2.45, 2.75) is 13.5 Å². The van der Waals surface area contributed by atoms with E-state index in [1.165, 1.54) is 12.4 Å². The van der Waals surface area contributed by atoms with Crippen molar-refractivity contribution in [2.75, 3.05) is 6.61 Å². The summed E-state index contributed by atoms with van der Waals surface area (Å²) in [5, 5.41) is 6.47. The minimum atomic E-state index is -0.453. The van der Waals surface area contributed by atoms with E-state index in [1.54, 1.807) is 18.2 Å². The van der Waals surface area contributed by atoms with E-state index in [4.69, 9.17) is 21.1 Å². The van der Waals surface area contributed by atoms with Gasteiger partial charge >= 0.3 is 0 Å². The van der Waals surface area contributed by atoms with Crippen LogP contribution in [0.3, 0.4) is 0 Å². The van der Waals surface area contributed by atoms with E-state index in [1.807, 2.05) is 31.2 Å². The number of halogens is 2. The molecule has 4 rings (SSSR count). The van der Waals surface area contributed by atoms with Crippen LogP contribution in [-0.2, 0) is 6.61 Å². The molecule has 0 bridgehead atoms. The molecular weight excluding hydrogens is 518 g/mol. The van der Waals surface area contributed by atoms with Gasteiger partial charge in [0.25, 0.3) is 5.91 Å². The smallest absolute Gasteiger partial charge is 0.274 e. The number of nitrogens with one attached hydrogen (secondary N) is 1. The Morgan fingerprint density at radius 2 is 1.88 bits per heavy atom. The van der Waals surface area contributed by atoms with Crippen LogP contribution in [0.4, 0.5) is 0 Å². The molecular formula is C26H21BrClN3O3. The second kappa shape index (κ2) is 11.1. The van der Waals surface area contributed by atoms with Crippen molar-refractivity contribution in [1.82, 2.24) is 10.4 Å². The number of ether oxygens (including phenoxy) is 2. The lowest BCUT2D eigenvalue weighted by molar-refractivity contribution is 0.0955. The molecule has 4 aromatic rings. The Balaban J connectivity index is 1.51. The molecule has 0 unspecified atom stereocenters.